The van der Waals surface area contributed by atoms with E-state index in [4.69, 9.17) is 14.2 Å². The number of rotatable bonds is 9. The van der Waals surface area contributed by atoms with Gasteiger partial charge >= 0.3 is 5.97 Å². The van der Waals surface area contributed by atoms with E-state index < -0.39 is 5.97 Å². The predicted molar refractivity (Wildman–Crippen MR) is 138 cm³/mol. The van der Waals surface area contributed by atoms with Gasteiger partial charge in [-0.25, -0.2) is 0 Å². The van der Waals surface area contributed by atoms with E-state index in [1.54, 1.807) is 38.3 Å². The average Bonchev–Trinajstić information content (AvgIpc) is 2.84. The number of esters is 1. The predicted octanol–water partition coefficient (Wildman–Crippen LogP) is 6.44. The number of aryl methyl sites for hydroxylation is 2. The lowest BCUT2D eigenvalue weighted by Gasteiger charge is -2.24. The van der Waals surface area contributed by atoms with E-state index in [1.165, 1.54) is 4.90 Å². The molecule has 0 atom stereocenters. The van der Waals surface area contributed by atoms with Gasteiger partial charge in [-0.3, -0.25) is 14.5 Å². The van der Waals surface area contributed by atoms with Gasteiger partial charge in [-0.05, 0) is 80.3 Å². The molecular formula is C29H33NO5. The van der Waals surface area contributed by atoms with Crippen LogP contribution in [0.1, 0.15) is 53.7 Å². The molecule has 0 saturated carbocycles. The van der Waals surface area contributed by atoms with E-state index in [9.17, 15) is 9.59 Å². The van der Waals surface area contributed by atoms with Crippen LogP contribution in [0.2, 0.25) is 0 Å². The van der Waals surface area contributed by atoms with Gasteiger partial charge in [-0.15, -0.1) is 0 Å². The van der Waals surface area contributed by atoms with Crippen molar-refractivity contribution in [3.8, 4) is 17.2 Å². The number of carbonyl (C=O) groups excluding carboxylic acids is 2. The Morgan fingerprint density at radius 1 is 0.943 bits per heavy atom. The van der Waals surface area contributed by atoms with Gasteiger partial charge in [0.2, 0.25) is 0 Å². The second-order valence-corrected chi connectivity index (χ2v) is 8.63. The zero-order valence-corrected chi connectivity index (χ0v) is 21.3. The molecule has 0 aliphatic carbocycles. The molecule has 0 spiro atoms. The summed E-state index contributed by atoms with van der Waals surface area (Å²) in [6.45, 7) is 9.87. The van der Waals surface area contributed by atoms with Crippen LogP contribution in [-0.2, 0) is 9.53 Å². The summed E-state index contributed by atoms with van der Waals surface area (Å²) < 4.78 is 16.9. The smallest absolute Gasteiger partial charge is 0.326 e. The molecule has 6 nitrogen and oxygen atoms in total. The maximum Gasteiger partial charge on any atom is 0.326 e. The number of nitrogens with zero attached hydrogens (tertiary/aromatic N) is 1. The van der Waals surface area contributed by atoms with Crippen molar-refractivity contribution in [3.63, 3.8) is 0 Å². The number of amides is 1. The summed E-state index contributed by atoms with van der Waals surface area (Å²) in [7, 11) is 1.66. The van der Waals surface area contributed by atoms with E-state index in [0.717, 1.165) is 22.4 Å². The number of ether oxygens (including phenoxy) is 3. The summed E-state index contributed by atoms with van der Waals surface area (Å²) >= 11 is 0. The first kappa shape index (κ1) is 25.8. The number of methoxy groups -OCH3 is 1. The monoisotopic (exact) mass is 475 g/mol. The summed E-state index contributed by atoms with van der Waals surface area (Å²) in [5, 5.41) is 0. The van der Waals surface area contributed by atoms with E-state index >= 15 is 0 Å². The first-order chi connectivity index (χ1) is 16.7. The van der Waals surface area contributed by atoms with Crippen molar-refractivity contribution >= 4 is 17.6 Å². The van der Waals surface area contributed by atoms with Crippen molar-refractivity contribution in [2.75, 3.05) is 25.2 Å². The Morgan fingerprint density at radius 2 is 1.60 bits per heavy atom. The van der Waals surface area contributed by atoms with Crippen molar-refractivity contribution < 1.29 is 23.8 Å². The maximum atomic E-state index is 13.3. The lowest BCUT2D eigenvalue weighted by molar-refractivity contribution is -0.141. The van der Waals surface area contributed by atoms with E-state index in [1.807, 2.05) is 50.2 Å². The second kappa shape index (κ2) is 11.6. The standard InChI is InChI=1S/C29H33NO5/c1-7-34-27(31)18-30(29(32)22-11-9-8-10-12-22)23-15-20(4)28(21(5)16-23)35-24-13-14-26(33-6)25(17-24)19(2)3/h8-17,19H,7,18H2,1-6H3. The number of benzene rings is 3. The van der Waals surface area contributed by atoms with Crippen LogP contribution in [0.15, 0.2) is 60.7 Å². The molecule has 0 fully saturated rings. The molecule has 0 radical (unpaired) electrons. The van der Waals surface area contributed by atoms with Gasteiger partial charge in [0.05, 0.1) is 13.7 Å². The highest BCUT2D eigenvalue weighted by Crippen LogP contribution is 2.36. The minimum Gasteiger partial charge on any atom is -0.496 e. The molecule has 0 N–H and O–H groups in total. The molecule has 0 heterocycles. The molecule has 0 bridgehead atoms. The molecule has 0 aliphatic rings. The van der Waals surface area contributed by atoms with Crippen LogP contribution >= 0.6 is 0 Å². The van der Waals surface area contributed by atoms with Gasteiger partial charge in [-0.1, -0.05) is 32.0 Å². The normalized spacial score (nSPS) is 10.7. The number of carbonyl (C=O) groups is 2. The molecule has 0 unspecified atom stereocenters. The van der Waals surface area contributed by atoms with E-state index in [-0.39, 0.29) is 25.0 Å². The first-order valence-electron chi connectivity index (χ1n) is 11.7. The van der Waals surface area contributed by atoms with E-state index in [2.05, 4.69) is 13.8 Å². The molecule has 0 aliphatic heterocycles. The third kappa shape index (κ3) is 6.21. The Hall–Kier alpha value is -3.80. The molecular weight excluding hydrogens is 442 g/mol. The van der Waals surface area contributed by atoms with Gasteiger partial charge in [0.15, 0.2) is 0 Å². The molecule has 184 valence electrons. The highest BCUT2D eigenvalue weighted by atomic mass is 16.5. The molecule has 35 heavy (non-hydrogen) atoms. The summed E-state index contributed by atoms with van der Waals surface area (Å²) in [5.41, 5.74) is 3.85. The topological polar surface area (TPSA) is 65.1 Å². The number of hydrogen-bond donors (Lipinski definition) is 0. The fourth-order valence-electron chi connectivity index (χ4n) is 3.94. The number of hydrogen-bond acceptors (Lipinski definition) is 5. The zero-order valence-electron chi connectivity index (χ0n) is 21.3. The molecule has 0 aromatic heterocycles. The third-order valence-corrected chi connectivity index (χ3v) is 5.66. The van der Waals surface area contributed by atoms with Gasteiger partial charge < -0.3 is 14.2 Å². The fraction of sp³-hybridized carbons (Fsp3) is 0.310. The SMILES string of the molecule is CCOC(=O)CN(C(=O)c1ccccc1)c1cc(C)c(Oc2ccc(OC)c(C(C)C)c2)c(C)c1. The number of anilines is 1. The zero-order chi connectivity index (χ0) is 25.5. The third-order valence-electron chi connectivity index (χ3n) is 5.66. The summed E-state index contributed by atoms with van der Waals surface area (Å²) in [4.78, 5) is 27.1. The van der Waals surface area contributed by atoms with Crippen molar-refractivity contribution in [1.29, 1.82) is 0 Å². The lowest BCUT2D eigenvalue weighted by atomic mass is 10.0. The van der Waals surface area contributed by atoms with Crippen LogP contribution in [0.5, 0.6) is 17.2 Å². The molecule has 1 amide bonds. The Morgan fingerprint density at radius 3 is 2.17 bits per heavy atom. The van der Waals surface area contributed by atoms with Crippen molar-refractivity contribution in [2.24, 2.45) is 0 Å². The molecule has 0 saturated heterocycles. The van der Waals surface area contributed by atoms with Crippen LogP contribution in [0.25, 0.3) is 0 Å². The highest BCUT2D eigenvalue weighted by Gasteiger charge is 2.23. The summed E-state index contributed by atoms with van der Waals surface area (Å²) in [5.74, 6) is 1.77. The maximum absolute atomic E-state index is 13.3. The largest absolute Gasteiger partial charge is 0.496 e. The van der Waals surface area contributed by atoms with Gasteiger partial charge in [0.25, 0.3) is 5.91 Å². The quantitative estimate of drug-likeness (QED) is 0.333. The second-order valence-electron chi connectivity index (χ2n) is 8.63. The highest BCUT2D eigenvalue weighted by molar-refractivity contribution is 6.08. The van der Waals surface area contributed by atoms with Crippen LogP contribution in [0.3, 0.4) is 0 Å². The Labute approximate surface area is 207 Å². The van der Waals surface area contributed by atoms with Gasteiger partial charge in [0, 0.05) is 16.8 Å². The fourth-order valence-corrected chi connectivity index (χ4v) is 3.94. The van der Waals surface area contributed by atoms with E-state index in [0.29, 0.717) is 22.7 Å². The molecule has 3 aromatic rings. The van der Waals surface area contributed by atoms with Gasteiger partial charge in [0.1, 0.15) is 23.8 Å². The minimum atomic E-state index is -0.466. The Bertz CT molecular complexity index is 1160. The van der Waals surface area contributed by atoms with Crippen molar-refractivity contribution in [2.45, 2.75) is 40.5 Å². The Balaban J connectivity index is 1.97. The van der Waals surface area contributed by atoms with Crippen molar-refractivity contribution in [1.82, 2.24) is 0 Å². The van der Waals surface area contributed by atoms with Gasteiger partial charge in [-0.2, -0.15) is 0 Å². The summed E-state index contributed by atoms with van der Waals surface area (Å²) in [6.07, 6.45) is 0. The van der Waals surface area contributed by atoms with Crippen LogP contribution in [-0.4, -0.2) is 32.1 Å². The summed E-state index contributed by atoms with van der Waals surface area (Å²) in [6, 6.07) is 18.4. The van der Waals surface area contributed by atoms with Crippen LogP contribution < -0.4 is 14.4 Å². The van der Waals surface area contributed by atoms with Crippen LogP contribution in [0.4, 0.5) is 5.69 Å². The molecule has 6 heteroatoms. The van der Waals surface area contributed by atoms with Crippen LogP contribution in [0, 0.1) is 13.8 Å². The average molecular weight is 476 g/mol. The molecule has 3 aromatic carbocycles. The lowest BCUT2D eigenvalue weighted by Crippen LogP contribution is -2.36. The van der Waals surface area contributed by atoms with Crippen molar-refractivity contribution in [3.05, 3.63) is 82.9 Å². The first-order valence-corrected chi connectivity index (χ1v) is 11.7. The molecule has 3 rings (SSSR count). The Kier molecular flexibility index (Phi) is 8.53. The minimum absolute atomic E-state index is 0.184.